The number of thioether (sulfide) groups is 1. The molecule has 0 fully saturated rings. The standard InChI is InChI=1S/C9H9FOS/c10-8-3-4-12-9-5-6(11)1-2-7(8)9/h1-2,5,8,11H,3-4H2. The second-order valence-corrected chi connectivity index (χ2v) is 3.96. The predicted molar refractivity (Wildman–Crippen MR) is 47.3 cm³/mol. The van der Waals surface area contributed by atoms with E-state index in [1.165, 1.54) is 6.07 Å². The fourth-order valence-electron chi connectivity index (χ4n) is 1.33. The van der Waals surface area contributed by atoms with Gasteiger partial charge in [-0.15, -0.1) is 11.8 Å². The van der Waals surface area contributed by atoms with E-state index in [0.717, 1.165) is 16.2 Å². The number of rotatable bonds is 0. The lowest BCUT2D eigenvalue weighted by Crippen LogP contribution is -2.01. The minimum atomic E-state index is -0.846. The Morgan fingerprint density at radius 3 is 3.17 bits per heavy atom. The highest BCUT2D eigenvalue weighted by molar-refractivity contribution is 7.99. The summed E-state index contributed by atoms with van der Waals surface area (Å²) < 4.78 is 13.2. The van der Waals surface area contributed by atoms with Gasteiger partial charge in [-0.2, -0.15) is 0 Å². The summed E-state index contributed by atoms with van der Waals surface area (Å²) in [6, 6.07) is 4.84. The van der Waals surface area contributed by atoms with E-state index < -0.39 is 6.17 Å². The van der Waals surface area contributed by atoms with Crippen LogP contribution in [0.1, 0.15) is 18.2 Å². The number of alkyl halides is 1. The Kier molecular flexibility index (Phi) is 1.97. The van der Waals surface area contributed by atoms with Crippen molar-refractivity contribution in [3.05, 3.63) is 23.8 Å². The van der Waals surface area contributed by atoms with Crippen molar-refractivity contribution in [1.82, 2.24) is 0 Å². The lowest BCUT2D eigenvalue weighted by atomic mass is 10.1. The maximum Gasteiger partial charge on any atom is 0.127 e. The summed E-state index contributed by atoms with van der Waals surface area (Å²) in [5.74, 6) is 1.02. The highest BCUT2D eigenvalue weighted by Gasteiger charge is 2.19. The average Bonchev–Trinajstić information content (AvgIpc) is 2.04. The first kappa shape index (κ1) is 7.92. The number of phenols is 1. The molecule has 1 aromatic rings. The summed E-state index contributed by atoms with van der Waals surface area (Å²) >= 11 is 1.61. The summed E-state index contributed by atoms with van der Waals surface area (Å²) in [7, 11) is 0. The Morgan fingerprint density at radius 2 is 2.33 bits per heavy atom. The molecule has 1 N–H and O–H groups in total. The Balaban J connectivity index is 2.46. The van der Waals surface area contributed by atoms with Crippen LogP contribution in [0.4, 0.5) is 4.39 Å². The van der Waals surface area contributed by atoms with Crippen LogP contribution < -0.4 is 0 Å². The van der Waals surface area contributed by atoms with E-state index in [2.05, 4.69) is 0 Å². The van der Waals surface area contributed by atoms with Gasteiger partial charge in [-0.1, -0.05) is 6.07 Å². The van der Waals surface area contributed by atoms with Gasteiger partial charge in [-0.3, -0.25) is 0 Å². The van der Waals surface area contributed by atoms with Crippen molar-refractivity contribution in [1.29, 1.82) is 0 Å². The van der Waals surface area contributed by atoms with Gasteiger partial charge >= 0.3 is 0 Å². The first-order valence-corrected chi connectivity index (χ1v) is 4.86. The van der Waals surface area contributed by atoms with E-state index >= 15 is 0 Å². The highest BCUT2D eigenvalue weighted by Crippen LogP contribution is 2.39. The zero-order valence-corrected chi connectivity index (χ0v) is 7.27. The minimum Gasteiger partial charge on any atom is -0.508 e. The van der Waals surface area contributed by atoms with Crippen molar-refractivity contribution < 1.29 is 9.50 Å². The molecule has 64 valence electrons. The number of phenolic OH excluding ortho intramolecular Hbond substituents is 1. The summed E-state index contributed by atoms with van der Waals surface area (Å²) in [6.45, 7) is 0. The Morgan fingerprint density at radius 1 is 1.50 bits per heavy atom. The Bertz CT molecular complexity index is 301. The molecule has 0 spiro atoms. The molecule has 0 aromatic heterocycles. The van der Waals surface area contributed by atoms with Crippen LogP contribution >= 0.6 is 11.8 Å². The van der Waals surface area contributed by atoms with Gasteiger partial charge in [0.05, 0.1) is 0 Å². The molecule has 1 aliphatic heterocycles. The van der Waals surface area contributed by atoms with Gasteiger partial charge in [0.15, 0.2) is 0 Å². The first-order valence-electron chi connectivity index (χ1n) is 3.87. The van der Waals surface area contributed by atoms with E-state index in [-0.39, 0.29) is 5.75 Å². The van der Waals surface area contributed by atoms with Crippen molar-refractivity contribution in [2.75, 3.05) is 5.75 Å². The molecule has 0 radical (unpaired) electrons. The second kappa shape index (κ2) is 2.98. The number of hydrogen-bond donors (Lipinski definition) is 1. The molecular formula is C9H9FOS. The molecule has 0 saturated heterocycles. The van der Waals surface area contributed by atoms with E-state index in [0.29, 0.717) is 6.42 Å². The van der Waals surface area contributed by atoms with Crippen LogP contribution in [0.5, 0.6) is 5.75 Å². The minimum absolute atomic E-state index is 0.218. The topological polar surface area (TPSA) is 20.2 Å². The molecule has 0 amide bonds. The molecule has 0 saturated carbocycles. The van der Waals surface area contributed by atoms with Crippen molar-refractivity contribution in [2.24, 2.45) is 0 Å². The summed E-state index contributed by atoms with van der Waals surface area (Å²) in [5.41, 5.74) is 0.726. The van der Waals surface area contributed by atoms with E-state index in [1.54, 1.807) is 23.9 Å². The fraction of sp³-hybridized carbons (Fsp3) is 0.333. The Labute approximate surface area is 74.6 Å². The third-order valence-corrected chi connectivity index (χ3v) is 3.07. The number of benzene rings is 1. The average molecular weight is 184 g/mol. The zero-order valence-electron chi connectivity index (χ0n) is 6.46. The molecule has 0 bridgehead atoms. The SMILES string of the molecule is Oc1ccc2c(c1)SCCC2F. The molecule has 1 nitrogen and oxygen atoms in total. The molecule has 1 atom stereocenters. The zero-order chi connectivity index (χ0) is 8.55. The summed E-state index contributed by atoms with van der Waals surface area (Å²) in [4.78, 5) is 0.883. The molecule has 1 aromatic carbocycles. The third kappa shape index (κ3) is 1.29. The van der Waals surface area contributed by atoms with Crippen LogP contribution in [0, 0.1) is 0 Å². The van der Waals surface area contributed by atoms with Gasteiger partial charge in [0, 0.05) is 10.6 Å². The maximum atomic E-state index is 13.2. The second-order valence-electron chi connectivity index (χ2n) is 2.83. The molecule has 0 aliphatic carbocycles. The molecule has 1 aliphatic rings. The monoisotopic (exact) mass is 184 g/mol. The normalized spacial score (nSPS) is 21.9. The quantitative estimate of drug-likeness (QED) is 0.669. The van der Waals surface area contributed by atoms with Crippen molar-refractivity contribution in [3.63, 3.8) is 0 Å². The van der Waals surface area contributed by atoms with Gasteiger partial charge in [-0.25, -0.2) is 4.39 Å². The first-order chi connectivity index (χ1) is 5.77. The molecule has 12 heavy (non-hydrogen) atoms. The van der Waals surface area contributed by atoms with Crippen LogP contribution in [-0.4, -0.2) is 10.9 Å². The van der Waals surface area contributed by atoms with Crippen LogP contribution in [-0.2, 0) is 0 Å². The van der Waals surface area contributed by atoms with Gasteiger partial charge in [0.1, 0.15) is 11.9 Å². The number of hydrogen-bond acceptors (Lipinski definition) is 2. The highest BCUT2D eigenvalue weighted by atomic mass is 32.2. The number of halogens is 1. The van der Waals surface area contributed by atoms with E-state index in [9.17, 15) is 4.39 Å². The van der Waals surface area contributed by atoms with Gasteiger partial charge < -0.3 is 5.11 Å². The molecule has 1 heterocycles. The number of aromatic hydroxyl groups is 1. The van der Waals surface area contributed by atoms with Crippen LogP contribution in [0.15, 0.2) is 23.1 Å². The summed E-state index contributed by atoms with van der Waals surface area (Å²) in [5, 5.41) is 9.14. The largest absolute Gasteiger partial charge is 0.508 e. The predicted octanol–water partition coefficient (Wildman–Crippen LogP) is 2.90. The van der Waals surface area contributed by atoms with Gasteiger partial charge in [0.2, 0.25) is 0 Å². The van der Waals surface area contributed by atoms with E-state index in [1.807, 2.05) is 0 Å². The smallest absolute Gasteiger partial charge is 0.127 e. The molecule has 1 unspecified atom stereocenters. The van der Waals surface area contributed by atoms with Crippen molar-refractivity contribution in [2.45, 2.75) is 17.5 Å². The lowest BCUT2D eigenvalue weighted by Gasteiger charge is -2.18. The number of fused-ring (bicyclic) bond motifs is 1. The van der Waals surface area contributed by atoms with Crippen LogP contribution in [0.2, 0.25) is 0 Å². The fourth-order valence-corrected chi connectivity index (χ4v) is 2.45. The lowest BCUT2D eigenvalue weighted by molar-refractivity contribution is 0.328. The molecular weight excluding hydrogens is 175 g/mol. The third-order valence-electron chi connectivity index (χ3n) is 1.96. The molecule has 3 heteroatoms. The van der Waals surface area contributed by atoms with Crippen molar-refractivity contribution in [3.8, 4) is 5.75 Å². The van der Waals surface area contributed by atoms with Crippen molar-refractivity contribution >= 4 is 11.8 Å². The van der Waals surface area contributed by atoms with Crippen LogP contribution in [0.25, 0.3) is 0 Å². The maximum absolute atomic E-state index is 13.2. The Hall–Kier alpha value is -0.700. The van der Waals surface area contributed by atoms with Gasteiger partial charge in [-0.05, 0) is 24.1 Å². The van der Waals surface area contributed by atoms with E-state index in [4.69, 9.17) is 5.11 Å². The van der Waals surface area contributed by atoms with Crippen LogP contribution in [0.3, 0.4) is 0 Å². The van der Waals surface area contributed by atoms with Gasteiger partial charge in [0.25, 0.3) is 0 Å². The summed E-state index contributed by atoms with van der Waals surface area (Å²) in [6.07, 6.45) is -0.260. The molecule has 2 rings (SSSR count).